The van der Waals surface area contributed by atoms with Crippen LogP contribution in [0.2, 0.25) is 5.02 Å². The first-order chi connectivity index (χ1) is 9.19. The molecule has 1 aliphatic rings. The topological polar surface area (TPSA) is 62.9 Å². The Hall–Kier alpha value is -1.01. The maximum atomic E-state index is 6.22. The molecule has 0 saturated carbocycles. The summed E-state index contributed by atoms with van der Waals surface area (Å²) in [5.74, 6) is 1.07. The van der Waals surface area contributed by atoms with Crippen LogP contribution in [0, 0.1) is 0 Å². The van der Waals surface area contributed by atoms with E-state index in [4.69, 9.17) is 36.3 Å². The van der Waals surface area contributed by atoms with E-state index in [2.05, 4.69) is 0 Å². The molecular weight excluding hydrogens is 270 g/mol. The van der Waals surface area contributed by atoms with Crippen molar-refractivity contribution in [1.82, 2.24) is 0 Å². The van der Waals surface area contributed by atoms with E-state index in [1.54, 1.807) is 20.3 Å². The number of hydrogen-bond donors (Lipinski definition) is 1. The Morgan fingerprint density at radius 1 is 1.32 bits per heavy atom. The third-order valence-electron chi connectivity index (χ3n) is 3.12. The fourth-order valence-corrected chi connectivity index (χ4v) is 2.42. The Morgan fingerprint density at radius 3 is 2.68 bits per heavy atom. The SMILES string of the molecule is COc1ccc(C(N)C2COCCO2)c(OC)c1Cl. The average molecular weight is 288 g/mol. The van der Waals surface area contributed by atoms with Gasteiger partial charge < -0.3 is 24.7 Å². The van der Waals surface area contributed by atoms with Gasteiger partial charge in [0.2, 0.25) is 0 Å². The number of rotatable bonds is 4. The van der Waals surface area contributed by atoms with Gasteiger partial charge in [0.15, 0.2) is 0 Å². The number of nitrogens with two attached hydrogens (primary N) is 1. The first-order valence-corrected chi connectivity index (χ1v) is 6.42. The summed E-state index contributed by atoms with van der Waals surface area (Å²) in [4.78, 5) is 0. The molecule has 0 amide bonds. The van der Waals surface area contributed by atoms with Crippen LogP contribution in [-0.2, 0) is 9.47 Å². The van der Waals surface area contributed by atoms with Crippen LogP contribution in [0.25, 0.3) is 0 Å². The molecule has 0 bridgehead atoms. The highest BCUT2D eigenvalue weighted by atomic mass is 35.5. The van der Waals surface area contributed by atoms with E-state index < -0.39 is 0 Å². The summed E-state index contributed by atoms with van der Waals surface area (Å²) < 4.78 is 21.5. The van der Waals surface area contributed by atoms with E-state index in [1.807, 2.05) is 6.07 Å². The largest absolute Gasteiger partial charge is 0.495 e. The van der Waals surface area contributed by atoms with Crippen molar-refractivity contribution in [2.24, 2.45) is 5.73 Å². The highest BCUT2D eigenvalue weighted by molar-refractivity contribution is 6.33. The normalized spacial score (nSPS) is 20.9. The Labute approximate surface area is 117 Å². The van der Waals surface area contributed by atoms with Gasteiger partial charge in [-0.1, -0.05) is 11.6 Å². The van der Waals surface area contributed by atoms with Crippen molar-refractivity contribution >= 4 is 11.6 Å². The van der Waals surface area contributed by atoms with Gasteiger partial charge in [0.05, 0.1) is 40.1 Å². The van der Waals surface area contributed by atoms with Crippen molar-refractivity contribution < 1.29 is 18.9 Å². The third kappa shape index (κ3) is 2.95. The zero-order valence-corrected chi connectivity index (χ0v) is 11.8. The molecule has 1 heterocycles. The molecule has 0 aliphatic carbocycles. The van der Waals surface area contributed by atoms with Gasteiger partial charge in [-0.2, -0.15) is 0 Å². The molecule has 2 unspecified atom stereocenters. The van der Waals surface area contributed by atoms with Crippen molar-refractivity contribution in [1.29, 1.82) is 0 Å². The smallest absolute Gasteiger partial charge is 0.146 e. The summed E-state index contributed by atoms with van der Waals surface area (Å²) in [5, 5.41) is 0.412. The quantitative estimate of drug-likeness (QED) is 0.914. The molecule has 19 heavy (non-hydrogen) atoms. The van der Waals surface area contributed by atoms with Gasteiger partial charge in [-0.25, -0.2) is 0 Å². The van der Waals surface area contributed by atoms with Gasteiger partial charge in [0, 0.05) is 5.56 Å². The zero-order valence-electron chi connectivity index (χ0n) is 11.0. The molecule has 2 N–H and O–H groups in total. The summed E-state index contributed by atoms with van der Waals surface area (Å²) in [6.07, 6.45) is -0.202. The standard InChI is InChI=1S/C13H18ClNO4/c1-16-9-4-3-8(13(17-2)11(9)14)12(15)10-7-18-5-6-19-10/h3-4,10,12H,5-7,15H2,1-2H3. The average Bonchev–Trinajstić information content (AvgIpc) is 2.47. The summed E-state index contributed by atoms with van der Waals surface area (Å²) in [6.45, 7) is 1.61. The molecule has 106 valence electrons. The molecule has 5 nitrogen and oxygen atoms in total. The molecule has 2 rings (SSSR count). The number of benzene rings is 1. The van der Waals surface area contributed by atoms with E-state index in [1.165, 1.54) is 0 Å². The molecule has 0 spiro atoms. The molecule has 1 fully saturated rings. The van der Waals surface area contributed by atoms with Gasteiger partial charge >= 0.3 is 0 Å². The van der Waals surface area contributed by atoms with Crippen molar-refractivity contribution in [3.8, 4) is 11.5 Å². The second-order valence-electron chi connectivity index (χ2n) is 4.21. The van der Waals surface area contributed by atoms with Crippen molar-refractivity contribution in [3.63, 3.8) is 0 Å². The Bertz CT molecular complexity index is 435. The molecule has 6 heteroatoms. The summed E-state index contributed by atoms with van der Waals surface area (Å²) in [5.41, 5.74) is 7.00. The number of hydrogen-bond acceptors (Lipinski definition) is 5. The van der Waals surface area contributed by atoms with E-state index in [0.29, 0.717) is 36.3 Å². The number of ether oxygens (including phenoxy) is 4. The van der Waals surface area contributed by atoms with Gasteiger partial charge in [-0.3, -0.25) is 0 Å². The van der Waals surface area contributed by atoms with Crippen LogP contribution in [-0.4, -0.2) is 40.1 Å². The minimum Gasteiger partial charge on any atom is -0.495 e. The van der Waals surface area contributed by atoms with Crippen LogP contribution in [0.5, 0.6) is 11.5 Å². The molecular formula is C13H18ClNO4. The summed E-state index contributed by atoms with van der Waals surface area (Å²) >= 11 is 6.22. The maximum absolute atomic E-state index is 6.22. The highest BCUT2D eigenvalue weighted by Gasteiger charge is 2.27. The van der Waals surface area contributed by atoms with Crippen molar-refractivity contribution in [2.45, 2.75) is 12.1 Å². The Kier molecular flexibility index (Phi) is 4.87. The predicted octanol–water partition coefficient (Wildman–Crippen LogP) is 1.77. The second-order valence-corrected chi connectivity index (χ2v) is 4.59. The fourth-order valence-electron chi connectivity index (χ4n) is 2.09. The van der Waals surface area contributed by atoms with Crippen LogP contribution in [0.3, 0.4) is 0 Å². The maximum Gasteiger partial charge on any atom is 0.146 e. The predicted molar refractivity (Wildman–Crippen MR) is 72.0 cm³/mol. The lowest BCUT2D eigenvalue weighted by atomic mass is 10.0. The van der Waals surface area contributed by atoms with Crippen LogP contribution in [0.1, 0.15) is 11.6 Å². The summed E-state index contributed by atoms with van der Waals surface area (Å²) in [6, 6.07) is 3.24. The molecule has 1 aromatic rings. The van der Waals surface area contributed by atoms with E-state index >= 15 is 0 Å². The fraction of sp³-hybridized carbons (Fsp3) is 0.538. The molecule has 1 aromatic carbocycles. The monoisotopic (exact) mass is 287 g/mol. The van der Waals surface area contributed by atoms with Gasteiger partial charge in [-0.15, -0.1) is 0 Å². The third-order valence-corrected chi connectivity index (χ3v) is 3.48. The number of methoxy groups -OCH3 is 2. The lowest BCUT2D eigenvalue weighted by Gasteiger charge is -2.29. The second kappa shape index (κ2) is 6.43. The van der Waals surface area contributed by atoms with E-state index in [0.717, 1.165) is 5.56 Å². The molecule has 2 atom stereocenters. The van der Waals surface area contributed by atoms with Gasteiger partial charge in [0.1, 0.15) is 22.6 Å². The number of halogens is 1. The summed E-state index contributed by atoms with van der Waals surface area (Å²) in [7, 11) is 3.10. The van der Waals surface area contributed by atoms with Gasteiger partial charge in [0.25, 0.3) is 0 Å². The minimum absolute atomic E-state index is 0.202. The minimum atomic E-state index is -0.362. The Morgan fingerprint density at radius 2 is 2.11 bits per heavy atom. The van der Waals surface area contributed by atoms with Crippen LogP contribution in [0.15, 0.2) is 12.1 Å². The van der Waals surface area contributed by atoms with Gasteiger partial charge in [-0.05, 0) is 12.1 Å². The van der Waals surface area contributed by atoms with Crippen LogP contribution >= 0.6 is 11.6 Å². The van der Waals surface area contributed by atoms with E-state index in [9.17, 15) is 0 Å². The van der Waals surface area contributed by atoms with E-state index in [-0.39, 0.29) is 12.1 Å². The Balaban J connectivity index is 2.30. The lowest BCUT2D eigenvalue weighted by Crippen LogP contribution is -2.38. The highest BCUT2D eigenvalue weighted by Crippen LogP contribution is 2.40. The van der Waals surface area contributed by atoms with Crippen molar-refractivity contribution in [3.05, 3.63) is 22.7 Å². The van der Waals surface area contributed by atoms with Crippen LogP contribution in [0.4, 0.5) is 0 Å². The molecule has 0 aromatic heterocycles. The zero-order chi connectivity index (χ0) is 13.8. The molecule has 1 saturated heterocycles. The first kappa shape index (κ1) is 14.4. The first-order valence-electron chi connectivity index (χ1n) is 6.04. The molecule has 1 aliphatic heterocycles. The lowest BCUT2D eigenvalue weighted by molar-refractivity contribution is -0.0977. The van der Waals surface area contributed by atoms with Crippen LogP contribution < -0.4 is 15.2 Å². The molecule has 0 radical (unpaired) electrons. The van der Waals surface area contributed by atoms with Crippen molar-refractivity contribution in [2.75, 3.05) is 34.0 Å².